The summed E-state index contributed by atoms with van der Waals surface area (Å²) in [4.78, 5) is 22.0. The lowest BCUT2D eigenvalue weighted by molar-refractivity contribution is 0.0984. The molecule has 0 saturated carbocycles. The summed E-state index contributed by atoms with van der Waals surface area (Å²) in [6.45, 7) is 0.755. The summed E-state index contributed by atoms with van der Waals surface area (Å²) < 4.78 is 0. The number of rotatable bonds is 1. The molecule has 1 aromatic heterocycles. The monoisotopic (exact) mass is 239 g/mol. The first-order valence-electron chi connectivity index (χ1n) is 6.01. The average Bonchev–Trinajstić information content (AvgIpc) is 2.47. The van der Waals surface area contributed by atoms with Crippen LogP contribution in [0.15, 0.2) is 43.0 Å². The minimum Gasteiger partial charge on any atom is -0.308 e. The van der Waals surface area contributed by atoms with Crippen molar-refractivity contribution in [3.8, 4) is 0 Å². The molecule has 90 valence electrons. The third-order valence-electron chi connectivity index (χ3n) is 3.16. The first-order chi connectivity index (χ1) is 8.86. The van der Waals surface area contributed by atoms with Crippen molar-refractivity contribution in [3.05, 3.63) is 54.1 Å². The Hall–Kier alpha value is -2.23. The summed E-state index contributed by atoms with van der Waals surface area (Å²) >= 11 is 0. The largest absolute Gasteiger partial charge is 0.308 e. The smallest absolute Gasteiger partial charge is 0.261 e. The maximum absolute atomic E-state index is 12.4. The molecule has 0 N–H and O–H groups in total. The van der Waals surface area contributed by atoms with Gasteiger partial charge in [0.15, 0.2) is 0 Å². The van der Waals surface area contributed by atoms with Crippen LogP contribution in [0, 0.1) is 0 Å². The van der Waals surface area contributed by atoms with Crippen molar-refractivity contribution in [2.24, 2.45) is 0 Å². The van der Waals surface area contributed by atoms with Crippen molar-refractivity contribution in [1.29, 1.82) is 0 Å². The molecule has 0 atom stereocenters. The Bertz CT molecular complexity index is 568. The number of anilines is 1. The molecule has 18 heavy (non-hydrogen) atoms. The molecule has 0 bridgehead atoms. The number of fused-ring (bicyclic) bond motifs is 1. The van der Waals surface area contributed by atoms with E-state index in [-0.39, 0.29) is 5.91 Å². The van der Waals surface area contributed by atoms with Crippen LogP contribution in [0.1, 0.15) is 22.3 Å². The van der Waals surface area contributed by atoms with Crippen molar-refractivity contribution in [1.82, 2.24) is 9.97 Å². The molecule has 0 radical (unpaired) electrons. The highest BCUT2D eigenvalue weighted by Gasteiger charge is 2.23. The second kappa shape index (κ2) is 4.56. The standard InChI is InChI=1S/C14H13N3O/c18-14(12-8-15-10-16-9-12)17-7-3-5-11-4-1-2-6-13(11)17/h1-2,4,6,8-10H,3,5,7H2. The van der Waals surface area contributed by atoms with Gasteiger partial charge in [-0.05, 0) is 24.5 Å². The number of para-hydroxylation sites is 1. The van der Waals surface area contributed by atoms with E-state index in [1.807, 2.05) is 23.1 Å². The number of hydrogen-bond donors (Lipinski definition) is 0. The summed E-state index contributed by atoms with van der Waals surface area (Å²) in [6, 6.07) is 8.05. The van der Waals surface area contributed by atoms with Crippen molar-refractivity contribution in [3.63, 3.8) is 0 Å². The van der Waals surface area contributed by atoms with Crippen molar-refractivity contribution in [2.45, 2.75) is 12.8 Å². The van der Waals surface area contributed by atoms with Crippen LogP contribution in [0.25, 0.3) is 0 Å². The molecular formula is C14H13N3O. The van der Waals surface area contributed by atoms with Crippen LogP contribution in [0.5, 0.6) is 0 Å². The number of hydrogen-bond acceptors (Lipinski definition) is 3. The van der Waals surface area contributed by atoms with Crippen LogP contribution in [0.2, 0.25) is 0 Å². The second-order valence-corrected chi connectivity index (χ2v) is 4.32. The fraction of sp³-hybridized carbons (Fsp3) is 0.214. The molecule has 4 nitrogen and oxygen atoms in total. The van der Waals surface area contributed by atoms with Gasteiger partial charge in [0.05, 0.1) is 5.56 Å². The van der Waals surface area contributed by atoms with Gasteiger partial charge in [0, 0.05) is 24.6 Å². The predicted molar refractivity (Wildman–Crippen MR) is 68.5 cm³/mol. The first kappa shape index (κ1) is 10.9. The Morgan fingerprint density at radius 1 is 1.17 bits per heavy atom. The minimum atomic E-state index is -0.0252. The lowest BCUT2D eigenvalue weighted by atomic mass is 10.0. The average molecular weight is 239 g/mol. The molecule has 0 fully saturated rings. The van der Waals surface area contributed by atoms with Crippen LogP contribution in [-0.4, -0.2) is 22.4 Å². The zero-order valence-electron chi connectivity index (χ0n) is 9.91. The van der Waals surface area contributed by atoms with Gasteiger partial charge in [0.2, 0.25) is 0 Å². The van der Waals surface area contributed by atoms with Gasteiger partial charge in [-0.1, -0.05) is 18.2 Å². The molecule has 1 aliphatic heterocycles. The van der Waals surface area contributed by atoms with E-state index < -0.39 is 0 Å². The lowest BCUT2D eigenvalue weighted by Crippen LogP contribution is -2.35. The number of aryl methyl sites for hydroxylation is 1. The van der Waals surface area contributed by atoms with Crippen LogP contribution >= 0.6 is 0 Å². The van der Waals surface area contributed by atoms with Crippen molar-refractivity contribution >= 4 is 11.6 Å². The fourth-order valence-electron chi connectivity index (χ4n) is 2.31. The van der Waals surface area contributed by atoms with E-state index in [1.54, 1.807) is 12.4 Å². The summed E-state index contributed by atoms with van der Waals surface area (Å²) in [6.07, 6.45) is 6.59. The second-order valence-electron chi connectivity index (χ2n) is 4.32. The fourth-order valence-corrected chi connectivity index (χ4v) is 2.31. The van der Waals surface area contributed by atoms with Gasteiger partial charge in [-0.2, -0.15) is 0 Å². The van der Waals surface area contributed by atoms with Crippen LogP contribution in [-0.2, 0) is 6.42 Å². The Kier molecular flexibility index (Phi) is 2.76. The normalized spacial score (nSPS) is 14.1. The molecule has 0 aliphatic carbocycles. The molecule has 0 spiro atoms. The van der Waals surface area contributed by atoms with E-state index in [1.165, 1.54) is 11.9 Å². The minimum absolute atomic E-state index is 0.0252. The Labute approximate surface area is 105 Å². The van der Waals surface area contributed by atoms with Gasteiger partial charge < -0.3 is 4.90 Å². The summed E-state index contributed by atoms with van der Waals surface area (Å²) in [5.74, 6) is -0.0252. The SMILES string of the molecule is O=C(c1cncnc1)N1CCCc2ccccc21. The zero-order valence-corrected chi connectivity index (χ0v) is 9.91. The highest BCUT2D eigenvalue weighted by atomic mass is 16.2. The Balaban J connectivity index is 1.97. The third-order valence-corrected chi connectivity index (χ3v) is 3.16. The molecule has 0 unspecified atom stereocenters. The highest BCUT2D eigenvalue weighted by Crippen LogP contribution is 2.27. The molecular weight excluding hydrogens is 226 g/mol. The number of carbonyl (C=O) groups is 1. The summed E-state index contributed by atoms with van der Waals surface area (Å²) in [7, 11) is 0. The Morgan fingerprint density at radius 3 is 2.78 bits per heavy atom. The maximum atomic E-state index is 12.4. The maximum Gasteiger partial charge on any atom is 0.261 e. The topological polar surface area (TPSA) is 46.1 Å². The van der Waals surface area contributed by atoms with E-state index >= 15 is 0 Å². The molecule has 2 heterocycles. The molecule has 1 aliphatic rings. The highest BCUT2D eigenvalue weighted by molar-refractivity contribution is 6.06. The molecule has 1 amide bonds. The summed E-state index contributed by atoms with van der Waals surface area (Å²) in [5.41, 5.74) is 2.78. The quantitative estimate of drug-likeness (QED) is 0.765. The molecule has 2 aromatic rings. The number of aromatic nitrogens is 2. The predicted octanol–water partition coefficient (Wildman–Crippen LogP) is 2.07. The number of amides is 1. The van der Waals surface area contributed by atoms with Crippen LogP contribution in [0.3, 0.4) is 0 Å². The number of carbonyl (C=O) groups excluding carboxylic acids is 1. The van der Waals surface area contributed by atoms with Gasteiger partial charge in [-0.25, -0.2) is 9.97 Å². The van der Waals surface area contributed by atoms with Gasteiger partial charge in [-0.3, -0.25) is 4.79 Å². The Morgan fingerprint density at radius 2 is 1.94 bits per heavy atom. The van der Waals surface area contributed by atoms with Gasteiger partial charge in [0.25, 0.3) is 5.91 Å². The van der Waals surface area contributed by atoms with E-state index in [0.29, 0.717) is 5.56 Å². The third kappa shape index (κ3) is 1.86. The molecule has 4 heteroatoms. The molecule has 1 aromatic carbocycles. The lowest BCUT2D eigenvalue weighted by Gasteiger charge is -2.29. The van der Waals surface area contributed by atoms with Crippen LogP contribution < -0.4 is 4.90 Å². The molecule has 0 saturated heterocycles. The van der Waals surface area contributed by atoms with Crippen LogP contribution in [0.4, 0.5) is 5.69 Å². The van der Waals surface area contributed by atoms with E-state index in [4.69, 9.17) is 0 Å². The van der Waals surface area contributed by atoms with Crippen molar-refractivity contribution in [2.75, 3.05) is 11.4 Å². The zero-order chi connectivity index (χ0) is 12.4. The molecule has 3 rings (SSSR count). The van der Waals surface area contributed by atoms with E-state index in [0.717, 1.165) is 25.1 Å². The van der Waals surface area contributed by atoms with Gasteiger partial charge in [0.1, 0.15) is 6.33 Å². The van der Waals surface area contributed by atoms with Gasteiger partial charge >= 0.3 is 0 Å². The van der Waals surface area contributed by atoms with Crippen molar-refractivity contribution < 1.29 is 4.79 Å². The van der Waals surface area contributed by atoms with E-state index in [9.17, 15) is 4.79 Å². The number of benzene rings is 1. The first-order valence-corrected chi connectivity index (χ1v) is 6.01. The van der Waals surface area contributed by atoms with E-state index in [2.05, 4.69) is 16.0 Å². The number of nitrogens with zero attached hydrogens (tertiary/aromatic N) is 3. The summed E-state index contributed by atoms with van der Waals surface area (Å²) in [5, 5.41) is 0. The van der Waals surface area contributed by atoms with Gasteiger partial charge in [-0.15, -0.1) is 0 Å².